The molecule has 1 atom stereocenters. The van der Waals surface area contributed by atoms with Crippen LogP contribution >= 0.6 is 0 Å². The van der Waals surface area contributed by atoms with Crippen molar-refractivity contribution < 1.29 is 33.1 Å². The minimum atomic E-state index is -1.73. The first-order valence-corrected chi connectivity index (χ1v) is 14.1. The number of benzene rings is 2. The van der Waals surface area contributed by atoms with Gasteiger partial charge in [0.2, 0.25) is 5.78 Å². The highest BCUT2D eigenvalue weighted by atomic mass is 16.5. The van der Waals surface area contributed by atoms with E-state index in [0.29, 0.717) is 28.0 Å². The van der Waals surface area contributed by atoms with Crippen molar-refractivity contribution in [3.05, 3.63) is 93.5 Å². The number of H-pyrrole nitrogens is 1. The van der Waals surface area contributed by atoms with Gasteiger partial charge < -0.3 is 24.4 Å². The maximum atomic E-state index is 14.6. The highest BCUT2D eigenvalue weighted by Crippen LogP contribution is 2.51. The normalized spacial score (nSPS) is 19.2. The number of hydrogen-bond acceptors (Lipinski definition) is 7. The average molecular weight is 593 g/mol. The van der Waals surface area contributed by atoms with Crippen molar-refractivity contribution in [1.82, 2.24) is 20.1 Å². The molecule has 0 radical (unpaired) electrons. The van der Waals surface area contributed by atoms with Gasteiger partial charge in [-0.1, -0.05) is 24.3 Å². The molecule has 1 spiro atoms. The Labute approximate surface area is 251 Å². The molecule has 2 aliphatic carbocycles. The number of Topliss-reactive ketones (excluding diaryl/α,β-unsaturated/α-hetero) is 2. The Bertz CT molecular complexity index is 1980. The SMILES string of the molecule is COc1ccc(C)c2c1CC1(C(=O)N(C)C(=O)N1C)C1=C2C(=O)c2[nH]cc(CCNC(=O)c3cc4ccccc4o3)c2C1=O. The van der Waals surface area contributed by atoms with Gasteiger partial charge in [-0.3, -0.25) is 24.1 Å². The fourth-order valence-corrected chi connectivity index (χ4v) is 6.87. The van der Waals surface area contributed by atoms with Crippen molar-refractivity contribution in [3.63, 3.8) is 0 Å². The van der Waals surface area contributed by atoms with Crippen LogP contribution in [0, 0.1) is 6.92 Å². The maximum absolute atomic E-state index is 14.6. The van der Waals surface area contributed by atoms with Gasteiger partial charge in [-0.05, 0) is 48.2 Å². The molecule has 222 valence electrons. The van der Waals surface area contributed by atoms with Crippen LogP contribution in [0.25, 0.3) is 16.5 Å². The monoisotopic (exact) mass is 592 g/mol. The zero-order chi connectivity index (χ0) is 31.1. The van der Waals surface area contributed by atoms with E-state index >= 15 is 0 Å². The van der Waals surface area contributed by atoms with E-state index in [0.717, 1.165) is 15.8 Å². The first-order chi connectivity index (χ1) is 21.1. The number of nitrogens with zero attached hydrogens (tertiary/aromatic N) is 2. The number of aromatic amines is 1. The van der Waals surface area contributed by atoms with E-state index in [4.69, 9.17) is 9.15 Å². The van der Waals surface area contributed by atoms with Crippen LogP contribution in [0.2, 0.25) is 0 Å². The third-order valence-corrected chi connectivity index (χ3v) is 9.05. The lowest BCUT2D eigenvalue weighted by Gasteiger charge is -2.42. The van der Waals surface area contributed by atoms with Gasteiger partial charge in [-0.15, -0.1) is 0 Å². The number of likely N-dealkylation sites (N-methyl/N-ethyl adjacent to an activating group) is 2. The molecule has 4 amide bonds. The molecular formula is C33H28N4O7. The van der Waals surface area contributed by atoms with Crippen LogP contribution in [0.5, 0.6) is 5.75 Å². The molecule has 3 heterocycles. The molecule has 7 rings (SSSR count). The number of rotatable bonds is 5. The Morgan fingerprint density at radius 2 is 1.84 bits per heavy atom. The Morgan fingerprint density at radius 1 is 1.07 bits per heavy atom. The predicted octanol–water partition coefficient (Wildman–Crippen LogP) is 3.70. The lowest BCUT2D eigenvalue weighted by molar-refractivity contribution is -0.130. The lowest BCUT2D eigenvalue weighted by atomic mass is 9.65. The first kappa shape index (κ1) is 27.4. The van der Waals surface area contributed by atoms with E-state index in [1.54, 1.807) is 30.5 Å². The molecule has 2 N–H and O–H groups in total. The van der Waals surface area contributed by atoms with Crippen molar-refractivity contribution in [2.75, 3.05) is 27.7 Å². The highest BCUT2D eigenvalue weighted by Gasteiger charge is 2.63. The molecule has 2 aromatic carbocycles. The minimum Gasteiger partial charge on any atom is -0.496 e. The Kier molecular flexibility index (Phi) is 5.93. The summed E-state index contributed by atoms with van der Waals surface area (Å²) >= 11 is 0. The summed E-state index contributed by atoms with van der Waals surface area (Å²) in [5.74, 6) is -1.35. The van der Waals surface area contributed by atoms with E-state index in [1.807, 2.05) is 25.1 Å². The van der Waals surface area contributed by atoms with E-state index < -0.39 is 35.0 Å². The molecule has 11 nitrogen and oxygen atoms in total. The number of carbonyl (C=O) groups is 5. The molecule has 1 unspecified atom stereocenters. The van der Waals surface area contributed by atoms with Crippen molar-refractivity contribution in [2.24, 2.45) is 0 Å². The Hall–Kier alpha value is -5.45. The number of ether oxygens (including phenoxy) is 1. The van der Waals surface area contributed by atoms with Crippen molar-refractivity contribution >= 4 is 46.0 Å². The summed E-state index contributed by atoms with van der Waals surface area (Å²) in [5.41, 5.74) is 1.54. The summed E-state index contributed by atoms with van der Waals surface area (Å²) in [6.45, 7) is 1.98. The zero-order valence-electron chi connectivity index (χ0n) is 24.5. The number of fused-ring (bicyclic) bond motifs is 5. The fraction of sp³-hybridized carbons (Fsp3) is 0.242. The largest absolute Gasteiger partial charge is 0.496 e. The molecule has 44 heavy (non-hydrogen) atoms. The summed E-state index contributed by atoms with van der Waals surface area (Å²) < 4.78 is 11.3. The zero-order valence-corrected chi connectivity index (χ0v) is 24.5. The van der Waals surface area contributed by atoms with Crippen LogP contribution in [-0.4, -0.2) is 77.5 Å². The van der Waals surface area contributed by atoms with Crippen LogP contribution in [0.15, 0.2) is 58.7 Å². The Morgan fingerprint density at radius 3 is 2.55 bits per heavy atom. The summed E-state index contributed by atoms with van der Waals surface area (Å²) in [5, 5.41) is 3.62. The number of urea groups is 1. The summed E-state index contributed by atoms with van der Waals surface area (Å²) in [4.78, 5) is 74.0. The molecule has 4 aromatic rings. The number of para-hydroxylation sites is 1. The van der Waals surface area contributed by atoms with Gasteiger partial charge in [0, 0.05) is 55.4 Å². The van der Waals surface area contributed by atoms with Gasteiger partial charge in [0.15, 0.2) is 17.1 Å². The number of aryl methyl sites for hydroxylation is 1. The maximum Gasteiger partial charge on any atom is 0.327 e. The standard InChI is InChI=1S/C33H28N4O7/c1-16-9-10-21(43-4)19-14-33(31(41)36(2)32(42)37(33)3)26-25(23(16)19)29(39)27-24(28(26)38)18(15-35-27)11-12-34-30(40)22-13-17-7-5-6-8-20(17)44-22/h5-10,13,15,35H,11-12,14H2,1-4H3,(H,34,40). The van der Waals surface area contributed by atoms with Crippen molar-refractivity contribution in [2.45, 2.75) is 25.3 Å². The third kappa shape index (κ3) is 3.52. The molecular weight excluding hydrogens is 564 g/mol. The molecule has 11 heteroatoms. The molecule has 2 aromatic heterocycles. The molecule has 3 aliphatic rings. The average Bonchev–Trinajstić information content (AvgIpc) is 3.69. The highest BCUT2D eigenvalue weighted by molar-refractivity contribution is 6.43. The molecule has 1 saturated heterocycles. The van der Waals surface area contributed by atoms with Crippen molar-refractivity contribution in [1.29, 1.82) is 0 Å². The Balaban J connectivity index is 1.28. The van der Waals surface area contributed by atoms with Gasteiger partial charge in [-0.25, -0.2) is 4.79 Å². The smallest absolute Gasteiger partial charge is 0.327 e. The molecule has 0 saturated carbocycles. The molecule has 1 aliphatic heterocycles. The molecule has 1 fully saturated rings. The van der Waals surface area contributed by atoms with E-state index in [9.17, 15) is 24.0 Å². The van der Waals surface area contributed by atoms with E-state index in [2.05, 4.69) is 10.3 Å². The number of methoxy groups -OCH3 is 1. The second-order valence-electron chi connectivity index (χ2n) is 11.3. The number of ketones is 2. The van der Waals surface area contributed by atoms with Crippen LogP contribution < -0.4 is 10.1 Å². The number of carbonyl (C=O) groups excluding carboxylic acids is 5. The summed E-state index contributed by atoms with van der Waals surface area (Å²) in [6.07, 6.45) is 1.77. The minimum absolute atomic E-state index is 0.0174. The van der Waals surface area contributed by atoms with Gasteiger partial charge in [-0.2, -0.15) is 0 Å². The van der Waals surface area contributed by atoms with Crippen LogP contribution in [0.1, 0.15) is 53.7 Å². The number of aromatic nitrogens is 1. The van der Waals surface area contributed by atoms with Crippen molar-refractivity contribution in [3.8, 4) is 5.75 Å². The van der Waals surface area contributed by atoms with E-state index in [-0.39, 0.29) is 47.6 Å². The fourth-order valence-electron chi connectivity index (χ4n) is 6.87. The van der Waals surface area contributed by atoms with Gasteiger partial charge in [0.1, 0.15) is 11.3 Å². The number of nitrogens with one attached hydrogen (secondary N) is 2. The lowest BCUT2D eigenvalue weighted by Crippen LogP contribution is -2.56. The van der Waals surface area contributed by atoms with Crippen LogP contribution in [-0.2, 0) is 17.6 Å². The topological polar surface area (TPSA) is 142 Å². The van der Waals surface area contributed by atoms with E-state index in [1.165, 1.54) is 26.1 Å². The molecule has 0 bridgehead atoms. The summed E-state index contributed by atoms with van der Waals surface area (Å²) in [6, 6.07) is 11.9. The number of furan rings is 1. The van der Waals surface area contributed by atoms with Gasteiger partial charge >= 0.3 is 6.03 Å². The summed E-state index contributed by atoms with van der Waals surface area (Å²) in [7, 11) is 4.34. The number of amides is 4. The number of allylic oxidation sites excluding steroid dienone is 1. The van der Waals surface area contributed by atoms with Gasteiger partial charge in [0.25, 0.3) is 11.8 Å². The first-order valence-electron chi connectivity index (χ1n) is 14.1. The second-order valence-corrected chi connectivity index (χ2v) is 11.3. The van der Waals surface area contributed by atoms with Gasteiger partial charge in [0.05, 0.1) is 18.4 Å². The second kappa shape index (κ2) is 9.53. The third-order valence-electron chi connectivity index (χ3n) is 9.05. The van der Waals surface area contributed by atoms with Crippen LogP contribution in [0.4, 0.5) is 4.79 Å². The number of imide groups is 1. The quantitative estimate of drug-likeness (QED) is 0.337. The predicted molar refractivity (Wildman–Crippen MR) is 159 cm³/mol. The number of hydrogen-bond donors (Lipinski definition) is 2. The van der Waals surface area contributed by atoms with Crippen LogP contribution in [0.3, 0.4) is 0 Å².